The van der Waals surface area contributed by atoms with Crippen LogP contribution in [0, 0.1) is 0 Å². The first-order valence-electron chi connectivity index (χ1n) is 5.05. The highest BCUT2D eigenvalue weighted by Gasteiger charge is 2.28. The van der Waals surface area contributed by atoms with Crippen LogP contribution in [0.4, 0.5) is 5.82 Å². The maximum absolute atomic E-state index is 5.83. The van der Waals surface area contributed by atoms with Gasteiger partial charge in [-0.2, -0.15) is 16.7 Å². The van der Waals surface area contributed by atoms with Gasteiger partial charge in [0.2, 0.25) is 5.28 Å². The molecule has 16 heavy (non-hydrogen) atoms. The molecule has 0 N–H and O–H groups in total. The molecule has 0 spiro atoms. The van der Waals surface area contributed by atoms with Gasteiger partial charge in [-0.05, 0) is 41.4 Å². The second-order valence-corrected chi connectivity index (χ2v) is 7.33. The van der Waals surface area contributed by atoms with Gasteiger partial charge in [0, 0.05) is 29.8 Å². The molecule has 0 aliphatic carbocycles. The Bertz CT molecular complexity index is 400. The molecule has 2 heterocycles. The minimum absolute atomic E-state index is 0.259. The molecule has 3 nitrogen and oxygen atoms in total. The van der Waals surface area contributed by atoms with Crippen LogP contribution in [0.15, 0.2) is 10.7 Å². The van der Waals surface area contributed by atoms with Gasteiger partial charge in [0.25, 0.3) is 0 Å². The highest BCUT2D eigenvalue weighted by molar-refractivity contribution is 9.10. The summed E-state index contributed by atoms with van der Waals surface area (Å²) >= 11 is 11.3. The van der Waals surface area contributed by atoms with Crippen LogP contribution in [0.1, 0.15) is 13.8 Å². The third kappa shape index (κ3) is 2.81. The minimum Gasteiger partial charge on any atom is -0.353 e. The Kier molecular flexibility index (Phi) is 3.66. The van der Waals surface area contributed by atoms with Crippen LogP contribution in [0.25, 0.3) is 0 Å². The minimum atomic E-state index is 0.259. The first kappa shape index (κ1) is 12.5. The summed E-state index contributed by atoms with van der Waals surface area (Å²) in [5.41, 5.74) is 0. The number of aromatic nitrogens is 2. The van der Waals surface area contributed by atoms with Crippen molar-refractivity contribution < 1.29 is 0 Å². The number of halogens is 2. The van der Waals surface area contributed by atoms with Crippen molar-refractivity contribution in [2.24, 2.45) is 0 Å². The highest BCUT2D eigenvalue weighted by atomic mass is 79.9. The number of rotatable bonds is 1. The molecule has 1 aliphatic heterocycles. The molecule has 88 valence electrons. The fraction of sp³-hybridized carbons (Fsp3) is 0.600. The van der Waals surface area contributed by atoms with E-state index < -0.39 is 0 Å². The van der Waals surface area contributed by atoms with Gasteiger partial charge in [-0.1, -0.05) is 0 Å². The maximum atomic E-state index is 5.83. The van der Waals surface area contributed by atoms with Crippen LogP contribution < -0.4 is 4.90 Å². The summed E-state index contributed by atoms with van der Waals surface area (Å²) in [7, 11) is 0. The molecule has 1 aliphatic rings. The van der Waals surface area contributed by atoms with Crippen LogP contribution in [0.5, 0.6) is 0 Å². The Morgan fingerprint density at radius 2 is 2.31 bits per heavy atom. The van der Waals surface area contributed by atoms with Crippen molar-refractivity contribution in [3.63, 3.8) is 0 Å². The Balaban J connectivity index is 2.26. The van der Waals surface area contributed by atoms with Gasteiger partial charge in [0.15, 0.2) is 0 Å². The highest BCUT2D eigenvalue weighted by Crippen LogP contribution is 2.34. The summed E-state index contributed by atoms with van der Waals surface area (Å²) in [5, 5.41) is 0.300. The first-order valence-corrected chi connectivity index (χ1v) is 7.20. The van der Waals surface area contributed by atoms with E-state index in [1.165, 1.54) is 0 Å². The lowest BCUT2D eigenvalue weighted by molar-refractivity contribution is 0.640. The number of anilines is 1. The SMILES string of the molecule is CC1(C)CN(c2nc(Cl)ncc2Br)CCS1. The Labute approximate surface area is 113 Å². The fourth-order valence-corrected chi connectivity index (χ4v) is 3.44. The number of hydrogen-bond acceptors (Lipinski definition) is 4. The summed E-state index contributed by atoms with van der Waals surface area (Å²) in [5.74, 6) is 2.01. The summed E-state index contributed by atoms with van der Waals surface area (Å²) in [6.45, 7) is 6.48. The van der Waals surface area contributed by atoms with Crippen LogP contribution in [-0.2, 0) is 0 Å². The molecule has 1 fully saturated rings. The molecule has 0 unspecified atom stereocenters. The molecule has 0 atom stereocenters. The molecule has 0 bridgehead atoms. The van der Waals surface area contributed by atoms with E-state index in [4.69, 9.17) is 11.6 Å². The van der Waals surface area contributed by atoms with Crippen LogP contribution in [-0.4, -0.2) is 33.6 Å². The first-order chi connectivity index (χ1) is 7.48. The third-order valence-electron chi connectivity index (χ3n) is 2.42. The molecule has 1 aromatic heterocycles. The molecular weight excluding hydrogens is 310 g/mol. The predicted molar refractivity (Wildman–Crippen MR) is 73.5 cm³/mol. The second kappa shape index (κ2) is 4.70. The third-order valence-corrected chi connectivity index (χ3v) is 4.46. The van der Waals surface area contributed by atoms with Gasteiger partial charge in [-0.25, -0.2) is 4.98 Å². The standard InChI is InChI=1S/C10H13BrClN3S/c1-10(2)6-15(3-4-16-10)8-7(11)5-13-9(12)14-8/h5H,3-4,6H2,1-2H3. The molecule has 0 radical (unpaired) electrons. The van der Waals surface area contributed by atoms with Crippen LogP contribution in [0.2, 0.25) is 5.28 Å². The smallest absolute Gasteiger partial charge is 0.224 e. The van der Waals surface area contributed by atoms with Gasteiger partial charge in [-0.15, -0.1) is 0 Å². The van der Waals surface area contributed by atoms with Gasteiger partial charge in [0.1, 0.15) is 5.82 Å². The van der Waals surface area contributed by atoms with Crippen molar-refractivity contribution >= 4 is 45.1 Å². The van der Waals surface area contributed by atoms with E-state index in [-0.39, 0.29) is 4.75 Å². The Morgan fingerprint density at radius 3 is 3.00 bits per heavy atom. The lowest BCUT2D eigenvalue weighted by Gasteiger charge is -2.38. The molecule has 1 aromatic rings. The van der Waals surface area contributed by atoms with Crippen molar-refractivity contribution in [2.75, 3.05) is 23.7 Å². The van der Waals surface area contributed by atoms with Gasteiger partial charge < -0.3 is 4.90 Å². The van der Waals surface area contributed by atoms with Gasteiger partial charge >= 0.3 is 0 Å². The Hall–Kier alpha value is -0.000000000000000111. The van der Waals surface area contributed by atoms with E-state index in [1.54, 1.807) is 6.20 Å². The molecule has 1 saturated heterocycles. The predicted octanol–water partition coefficient (Wildman–Crippen LogP) is 3.22. The number of nitrogens with zero attached hydrogens (tertiary/aromatic N) is 3. The van der Waals surface area contributed by atoms with E-state index in [0.29, 0.717) is 5.28 Å². The lowest BCUT2D eigenvalue weighted by atomic mass is 10.2. The average Bonchev–Trinajstić information content (AvgIpc) is 2.20. The van der Waals surface area contributed by atoms with Crippen molar-refractivity contribution in [1.29, 1.82) is 0 Å². The molecule has 6 heteroatoms. The summed E-state index contributed by atoms with van der Waals surface area (Å²) in [4.78, 5) is 10.5. The van der Waals surface area contributed by atoms with Gasteiger partial charge in [-0.3, -0.25) is 0 Å². The van der Waals surface area contributed by atoms with Crippen LogP contribution in [0.3, 0.4) is 0 Å². The molecular formula is C10H13BrClN3S. The van der Waals surface area contributed by atoms with E-state index in [0.717, 1.165) is 29.1 Å². The quantitative estimate of drug-likeness (QED) is 0.742. The van der Waals surface area contributed by atoms with E-state index in [9.17, 15) is 0 Å². The monoisotopic (exact) mass is 321 g/mol. The number of thioether (sulfide) groups is 1. The zero-order valence-corrected chi connectivity index (χ0v) is 12.4. The molecule has 2 rings (SSSR count). The van der Waals surface area contributed by atoms with Gasteiger partial charge in [0.05, 0.1) is 4.47 Å². The zero-order chi connectivity index (χ0) is 11.8. The normalized spacial score (nSPS) is 19.9. The summed E-state index contributed by atoms with van der Waals surface area (Å²) in [6, 6.07) is 0. The second-order valence-electron chi connectivity index (χ2n) is 4.34. The Morgan fingerprint density at radius 1 is 1.56 bits per heavy atom. The molecule has 0 saturated carbocycles. The molecule has 0 aromatic carbocycles. The molecule has 0 amide bonds. The fourth-order valence-electron chi connectivity index (χ4n) is 1.76. The van der Waals surface area contributed by atoms with Crippen molar-refractivity contribution in [1.82, 2.24) is 9.97 Å². The van der Waals surface area contributed by atoms with Crippen LogP contribution >= 0.6 is 39.3 Å². The summed E-state index contributed by atoms with van der Waals surface area (Å²) < 4.78 is 1.16. The largest absolute Gasteiger partial charge is 0.353 e. The van der Waals surface area contributed by atoms with Crippen molar-refractivity contribution in [3.8, 4) is 0 Å². The summed E-state index contributed by atoms with van der Waals surface area (Å²) in [6.07, 6.45) is 1.71. The lowest BCUT2D eigenvalue weighted by Crippen LogP contribution is -2.43. The van der Waals surface area contributed by atoms with Crippen molar-refractivity contribution in [3.05, 3.63) is 16.0 Å². The average molecular weight is 323 g/mol. The maximum Gasteiger partial charge on any atom is 0.224 e. The number of hydrogen-bond donors (Lipinski definition) is 0. The zero-order valence-electron chi connectivity index (χ0n) is 9.20. The van der Waals surface area contributed by atoms with E-state index >= 15 is 0 Å². The van der Waals surface area contributed by atoms with E-state index in [2.05, 4.69) is 44.6 Å². The van der Waals surface area contributed by atoms with E-state index in [1.807, 2.05) is 11.8 Å². The topological polar surface area (TPSA) is 29.0 Å². The van der Waals surface area contributed by atoms with Crippen molar-refractivity contribution in [2.45, 2.75) is 18.6 Å².